The van der Waals surface area contributed by atoms with E-state index in [9.17, 15) is 18.4 Å². The van der Waals surface area contributed by atoms with E-state index in [1.54, 1.807) is 30.3 Å². The highest BCUT2D eigenvalue weighted by atomic mass is 19.3. The van der Waals surface area contributed by atoms with Crippen molar-refractivity contribution in [2.24, 2.45) is 0 Å². The first-order valence-corrected chi connectivity index (χ1v) is 7.28. The molecule has 0 aliphatic rings. The van der Waals surface area contributed by atoms with Crippen LogP contribution in [0.1, 0.15) is 6.92 Å². The van der Waals surface area contributed by atoms with Crippen molar-refractivity contribution in [2.45, 2.75) is 13.5 Å². The van der Waals surface area contributed by atoms with Crippen LogP contribution in [-0.4, -0.2) is 25.0 Å². The Bertz CT molecular complexity index is 736. The fourth-order valence-corrected chi connectivity index (χ4v) is 1.94. The van der Waals surface area contributed by atoms with Gasteiger partial charge in [-0.2, -0.15) is 8.78 Å². The van der Waals surface area contributed by atoms with E-state index in [0.717, 1.165) is 0 Å². The van der Waals surface area contributed by atoms with Gasteiger partial charge in [-0.15, -0.1) is 0 Å². The Morgan fingerprint density at radius 3 is 2.36 bits per heavy atom. The van der Waals surface area contributed by atoms with Gasteiger partial charge < -0.3 is 20.1 Å². The molecule has 0 unspecified atom stereocenters. The maximum absolute atomic E-state index is 12.3. The molecule has 0 aromatic heterocycles. The summed E-state index contributed by atoms with van der Waals surface area (Å²) in [6.45, 7) is -1.91. The van der Waals surface area contributed by atoms with E-state index in [4.69, 9.17) is 4.74 Å². The van der Waals surface area contributed by atoms with Crippen LogP contribution >= 0.6 is 0 Å². The zero-order chi connectivity index (χ0) is 18.2. The van der Waals surface area contributed by atoms with Crippen molar-refractivity contribution in [3.8, 4) is 11.5 Å². The average molecular weight is 350 g/mol. The number of carbonyl (C=O) groups is 2. The van der Waals surface area contributed by atoms with Gasteiger partial charge in [0.05, 0.1) is 5.69 Å². The third-order valence-corrected chi connectivity index (χ3v) is 2.92. The first kappa shape index (κ1) is 18.2. The van der Waals surface area contributed by atoms with Crippen molar-refractivity contribution >= 4 is 23.2 Å². The smallest absolute Gasteiger partial charge is 0.387 e. The molecule has 0 spiro atoms. The number of hydrogen-bond donors (Lipinski definition) is 2. The standard InChI is InChI=1S/C17H16F2N2O4/c1-11(22)20-12-6-8-13(9-7-12)24-10-16(23)21-14-4-2-3-5-15(14)25-17(18)19/h2-9,17H,10H2,1H3,(H,20,22)(H,21,23). The van der Waals surface area contributed by atoms with E-state index in [1.807, 2.05) is 0 Å². The van der Waals surface area contributed by atoms with Gasteiger partial charge in [-0.05, 0) is 36.4 Å². The minimum atomic E-state index is -2.99. The molecule has 2 N–H and O–H groups in total. The highest BCUT2D eigenvalue weighted by molar-refractivity contribution is 5.93. The van der Waals surface area contributed by atoms with Gasteiger partial charge in [0.1, 0.15) is 11.5 Å². The number of halogens is 2. The number of carbonyl (C=O) groups excluding carboxylic acids is 2. The molecule has 0 bridgehead atoms. The second kappa shape index (κ2) is 8.62. The van der Waals surface area contributed by atoms with E-state index in [2.05, 4.69) is 15.4 Å². The minimum Gasteiger partial charge on any atom is -0.484 e. The summed E-state index contributed by atoms with van der Waals surface area (Å²) in [6.07, 6.45) is 0. The van der Waals surface area contributed by atoms with Gasteiger partial charge in [0, 0.05) is 12.6 Å². The van der Waals surface area contributed by atoms with E-state index >= 15 is 0 Å². The normalized spacial score (nSPS) is 10.2. The van der Waals surface area contributed by atoms with Crippen molar-refractivity contribution in [3.05, 3.63) is 48.5 Å². The molecule has 2 aromatic rings. The molecule has 6 nitrogen and oxygen atoms in total. The van der Waals surface area contributed by atoms with Gasteiger partial charge >= 0.3 is 6.61 Å². The summed E-state index contributed by atoms with van der Waals surface area (Å²) in [5, 5.41) is 5.05. The van der Waals surface area contributed by atoms with Gasteiger partial charge in [-0.25, -0.2) is 0 Å². The fourth-order valence-electron chi connectivity index (χ4n) is 1.94. The molecule has 0 saturated heterocycles. The van der Waals surface area contributed by atoms with E-state index in [-0.39, 0.29) is 24.0 Å². The molecule has 0 aliphatic heterocycles. The van der Waals surface area contributed by atoms with Crippen LogP contribution in [0.5, 0.6) is 11.5 Å². The first-order valence-electron chi connectivity index (χ1n) is 7.28. The summed E-state index contributed by atoms with van der Waals surface area (Å²) in [4.78, 5) is 22.8. The fraction of sp³-hybridized carbons (Fsp3) is 0.176. The monoisotopic (exact) mass is 350 g/mol. The molecule has 0 aliphatic carbocycles. The van der Waals surface area contributed by atoms with E-state index in [0.29, 0.717) is 11.4 Å². The zero-order valence-electron chi connectivity index (χ0n) is 13.3. The van der Waals surface area contributed by atoms with Crippen LogP contribution in [0, 0.1) is 0 Å². The van der Waals surface area contributed by atoms with Gasteiger partial charge in [0.15, 0.2) is 6.61 Å². The maximum Gasteiger partial charge on any atom is 0.387 e. The Kier molecular flexibility index (Phi) is 6.27. The van der Waals surface area contributed by atoms with E-state index in [1.165, 1.54) is 25.1 Å². The molecule has 0 fully saturated rings. The summed E-state index contributed by atoms with van der Waals surface area (Å²) in [5.41, 5.74) is 0.722. The quantitative estimate of drug-likeness (QED) is 0.804. The van der Waals surface area contributed by atoms with Gasteiger partial charge in [-0.1, -0.05) is 12.1 Å². The van der Waals surface area contributed by atoms with E-state index < -0.39 is 12.5 Å². The molecule has 2 aromatic carbocycles. The number of nitrogens with one attached hydrogen (secondary N) is 2. The molecule has 25 heavy (non-hydrogen) atoms. The number of alkyl halides is 2. The molecular weight excluding hydrogens is 334 g/mol. The number of para-hydroxylation sites is 2. The summed E-state index contributed by atoms with van der Waals surface area (Å²) in [7, 11) is 0. The molecular formula is C17H16F2N2O4. The lowest BCUT2D eigenvalue weighted by Gasteiger charge is -2.12. The van der Waals surface area contributed by atoms with Crippen LogP contribution in [0.15, 0.2) is 48.5 Å². The topological polar surface area (TPSA) is 76.7 Å². The van der Waals surface area contributed by atoms with Crippen LogP contribution in [-0.2, 0) is 9.59 Å². The van der Waals surface area contributed by atoms with Crippen LogP contribution in [0.2, 0.25) is 0 Å². The molecule has 2 amide bonds. The Hall–Kier alpha value is -3.16. The lowest BCUT2D eigenvalue weighted by molar-refractivity contribution is -0.118. The lowest BCUT2D eigenvalue weighted by Crippen LogP contribution is -2.20. The summed E-state index contributed by atoms with van der Waals surface area (Å²) < 4.78 is 34.3. The average Bonchev–Trinajstić information content (AvgIpc) is 2.55. The lowest BCUT2D eigenvalue weighted by atomic mass is 10.3. The van der Waals surface area contributed by atoms with Crippen molar-refractivity contribution in [1.29, 1.82) is 0 Å². The predicted octanol–water partition coefficient (Wildman–Crippen LogP) is 3.26. The largest absolute Gasteiger partial charge is 0.484 e. The molecule has 0 saturated carbocycles. The third kappa shape index (κ3) is 6.09. The minimum absolute atomic E-state index is 0.123. The van der Waals surface area contributed by atoms with Gasteiger partial charge in [0.25, 0.3) is 5.91 Å². The summed E-state index contributed by atoms with van der Waals surface area (Å²) >= 11 is 0. The van der Waals surface area contributed by atoms with Crippen LogP contribution in [0.25, 0.3) is 0 Å². The van der Waals surface area contributed by atoms with Crippen LogP contribution in [0.4, 0.5) is 20.2 Å². The van der Waals surface area contributed by atoms with Crippen molar-refractivity contribution in [1.82, 2.24) is 0 Å². The van der Waals surface area contributed by atoms with Crippen molar-refractivity contribution in [3.63, 3.8) is 0 Å². The molecule has 2 rings (SSSR count). The third-order valence-electron chi connectivity index (χ3n) is 2.92. The number of benzene rings is 2. The van der Waals surface area contributed by atoms with Gasteiger partial charge in [0.2, 0.25) is 5.91 Å². The SMILES string of the molecule is CC(=O)Nc1ccc(OCC(=O)Nc2ccccc2OC(F)F)cc1. The highest BCUT2D eigenvalue weighted by Crippen LogP contribution is 2.25. The van der Waals surface area contributed by atoms with Gasteiger partial charge in [-0.3, -0.25) is 9.59 Å². The predicted molar refractivity (Wildman–Crippen MR) is 87.9 cm³/mol. The number of rotatable bonds is 7. The summed E-state index contributed by atoms with van der Waals surface area (Å²) in [5.74, 6) is -0.444. The van der Waals surface area contributed by atoms with Crippen LogP contribution < -0.4 is 20.1 Å². The molecule has 0 heterocycles. The molecule has 0 radical (unpaired) electrons. The Labute approximate surface area is 142 Å². The Balaban J connectivity index is 1.90. The number of anilines is 2. The number of ether oxygens (including phenoxy) is 2. The number of hydrogen-bond acceptors (Lipinski definition) is 4. The highest BCUT2D eigenvalue weighted by Gasteiger charge is 2.12. The van der Waals surface area contributed by atoms with Crippen LogP contribution in [0.3, 0.4) is 0 Å². The molecule has 8 heteroatoms. The Morgan fingerprint density at radius 1 is 1.04 bits per heavy atom. The molecule has 0 atom stereocenters. The maximum atomic E-state index is 12.3. The second-order valence-electron chi connectivity index (χ2n) is 4.92. The first-order chi connectivity index (χ1) is 11.9. The zero-order valence-corrected chi connectivity index (χ0v) is 13.3. The second-order valence-corrected chi connectivity index (χ2v) is 4.92. The molecule has 132 valence electrons. The van der Waals surface area contributed by atoms with Crippen molar-refractivity contribution in [2.75, 3.05) is 17.2 Å². The Morgan fingerprint density at radius 2 is 1.72 bits per heavy atom. The van der Waals surface area contributed by atoms with Crippen molar-refractivity contribution < 1.29 is 27.8 Å². The summed E-state index contributed by atoms with van der Waals surface area (Å²) in [6, 6.07) is 12.3. The number of amides is 2.